The average molecular weight is 278 g/mol. The monoisotopic (exact) mass is 278 g/mol. The van der Waals surface area contributed by atoms with Crippen molar-refractivity contribution in [2.75, 3.05) is 19.6 Å². The minimum atomic E-state index is -0.794. The van der Waals surface area contributed by atoms with Crippen LogP contribution < -0.4 is 5.32 Å². The second-order valence-corrected chi connectivity index (χ2v) is 6.11. The normalized spacial score (nSPS) is 19.6. The van der Waals surface area contributed by atoms with Crippen LogP contribution in [0.3, 0.4) is 0 Å². The fraction of sp³-hybridized carbons (Fsp3) is 0.733. The number of carbonyl (C=O) groups is 2. The second-order valence-electron chi connectivity index (χ2n) is 6.11. The largest absolute Gasteiger partial charge is 0.481 e. The van der Waals surface area contributed by atoms with Gasteiger partial charge in [-0.05, 0) is 37.0 Å². The molecule has 2 N–H and O–H groups in total. The molecule has 0 unspecified atom stereocenters. The van der Waals surface area contributed by atoms with Crippen molar-refractivity contribution in [3.63, 3.8) is 0 Å². The first kappa shape index (κ1) is 14.7. The van der Waals surface area contributed by atoms with Gasteiger partial charge >= 0.3 is 12.0 Å². The molecule has 0 heterocycles. The standard InChI is InChI=1S/C15H22N2O3/c1-2-8-17(10-12-4-5-12)14(20)16-11-15(6-3-7-15)9-13(18)19/h1,12H,3-11H2,(H,16,20)(H,18,19). The number of carboxylic acids is 1. The molecule has 110 valence electrons. The number of carbonyl (C=O) groups excluding carboxylic acids is 1. The SMILES string of the molecule is C#CCN(CC1CC1)C(=O)NCC1(CC(=O)O)CCC1. The summed E-state index contributed by atoms with van der Waals surface area (Å²) in [7, 11) is 0. The summed E-state index contributed by atoms with van der Waals surface area (Å²) in [6, 6.07) is -0.161. The number of nitrogens with zero attached hydrogens (tertiary/aromatic N) is 1. The topological polar surface area (TPSA) is 69.6 Å². The Bertz CT molecular complexity index is 419. The van der Waals surface area contributed by atoms with Gasteiger partial charge in [-0.3, -0.25) is 4.79 Å². The molecule has 0 aliphatic heterocycles. The van der Waals surface area contributed by atoms with Crippen LogP contribution in [-0.2, 0) is 4.79 Å². The summed E-state index contributed by atoms with van der Waals surface area (Å²) < 4.78 is 0. The van der Waals surface area contributed by atoms with E-state index in [1.807, 2.05) is 0 Å². The number of nitrogens with one attached hydrogen (secondary N) is 1. The van der Waals surface area contributed by atoms with Gasteiger partial charge in [0.05, 0.1) is 13.0 Å². The van der Waals surface area contributed by atoms with Crippen LogP contribution >= 0.6 is 0 Å². The maximum Gasteiger partial charge on any atom is 0.318 e. The Morgan fingerprint density at radius 3 is 2.55 bits per heavy atom. The van der Waals surface area contributed by atoms with Gasteiger partial charge in [0.1, 0.15) is 0 Å². The summed E-state index contributed by atoms with van der Waals surface area (Å²) in [4.78, 5) is 24.7. The van der Waals surface area contributed by atoms with Gasteiger partial charge in [0.2, 0.25) is 0 Å². The van der Waals surface area contributed by atoms with Crippen molar-refractivity contribution in [2.45, 2.75) is 38.5 Å². The fourth-order valence-corrected chi connectivity index (χ4v) is 2.73. The zero-order valence-electron chi connectivity index (χ0n) is 11.7. The maximum atomic E-state index is 12.1. The predicted octanol–water partition coefficient (Wildman–Crippen LogP) is 1.69. The number of aliphatic carboxylic acids is 1. The molecule has 0 atom stereocenters. The first-order valence-corrected chi connectivity index (χ1v) is 7.23. The van der Waals surface area contributed by atoms with Gasteiger partial charge in [0.25, 0.3) is 0 Å². The van der Waals surface area contributed by atoms with E-state index in [0.717, 1.165) is 32.1 Å². The Hall–Kier alpha value is -1.70. The number of hydrogen-bond acceptors (Lipinski definition) is 2. The van der Waals surface area contributed by atoms with Crippen LogP contribution in [0.2, 0.25) is 0 Å². The summed E-state index contributed by atoms with van der Waals surface area (Å²) in [6.07, 6.45) is 10.5. The summed E-state index contributed by atoms with van der Waals surface area (Å²) in [6.45, 7) is 1.46. The van der Waals surface area contributed by atoms with E-state index < -0.39 is 5.97 Å². The van der Waals surface area contributed by atoms with Crippen LogP contribution in [0.25, 0.3) is 0 Å². The molecule has 5 nitrogen and oxygen atoms in total. The summed E-state index contributed by atoms with van der Waals surface area (Å²) in [5, 5.41) is 11.8. The molecule has 2 aliphatic carbocycles. The highest BCUT2D eigenvalue weighted by Gasteiger charge is 2.39. The number of hydrogen-bond donors (Lipinski definition) is 2. The molecule has 0 bridgehead atoms. The van der Waals surface area contributed by atoms with Gasteiger partial charge in [0.15, 0.2) is 0 Å². The lowest BCUT2D eigenvalue weighted by molar-refractivity contribution is -0.141. The van der Waals surface area contributed by atoms with Crippen molar-refractivity contribution in [2.24, 2.45) is 11.3 Å². The Labute approximate surface area is 119 Å². The van der Waals surface area contributed by atoms with E-state index in [-0.39, 0.29) is 17.9 Å². The van der Waals surface area contributed by atoms with E-state index in [4.69, 9.17) is 11.5 Å². The van der Waals surface area contributed by atoms with E-state index in [1.54, 1.807) is 4.90 Å². The molecule has 2 fully saturated rings. The van der Waals surface area contributed by atoms with E-state index in [0.29, 0.717) is 25.6 Å². The number of terminal acetylenes is 1. The molecular formula is C15H22N2O3. The second kappa shape index (κ2) is 6.17. The third kappa shape index (κ3) is 3.89. The third-order valence-corrected chi connectivity index (χ3v) is 4.30. The summed E-state index contributed by atoms with van der Waals surface area (Å²) in [5.74, 6) is 2.30. The number of carboxylic acid groups (broad SMARTS) is 1. The van der Waals surface area contributed by atoms with E-state index in [1.165, 1.54) is 0 Å². The van der Waals surface area contributed by atoms with Crippen LogP contribution in [0.15, 0.2) is 0 Å². The average Bonchev–Trinajstić information content (AvgIpc) is 3.15. The van der Waals surface area contributed by atoms with Crippen molar-refractivity contribution in [1.29, 1.82) is 0 Å². The molecule has 5 heteroatoms. The number of urea groups is 1. The van der Waals surface area contributed by atoms with Gasteiger partial charge in [-0.1, -0.05) is 12.3 Å². The molecule has 0 saturated heterocycles. The van der Waals surface area contributed by atoms with Crippen LogP contribution in [-0.4, -0.2) is 41.6 Å². The van der Waals surface area contributed by atoms with Crippen molar-refractivity contribution in [3.8, 4) is 12.3 Å². The molecule has 2 amide bonds. The molecule has 0 radical (unpaired) electrons. The van der Waals surface area contributed by atoms with Crippen molar-refractivity contribution in [3.05, 3.63) is 0 Å². The minimum Gasteiger partial charge on any atom is -0.481 e. The first-order valence-electron chi connectivity index (χ1n) is 7.23. The van der Waals surface area contributed by atoms with Gasteiger partial charge in [-0.25, -0.2) is 4.79 Å². The van der Waals surface area contributed by atoms with Crippen molar-refractivity contribution >= 4 is 12.0 Å². The van der Waals surface area contributed by atoms with Crippen molar-refractivity contribution in [1.82, 2.24) is 10.2 Å². The summed E-state index contributed by atoms with van der Waals surface area (Å²) >= 11 is 0. The highest BCUT2D eigenvalue weighted by Crippen LogP contribution is 2.43. The first-order chi connectivity index (χ1) is 9.54. The van der Waals surface area contributed by atoms with Crippen molar-refractivity contribution < 1.29 is 14.7 Å². The van der Waals surface area contributed by atoms with Crippen LogP contribution in [0, 0.1) is 23.7 Å². The lowest BCUT2D eigenvalue weighted by atomic mass is 9.66. The molecule has 2 saturated carbocycles. The highest BCUT2D eigenvalue weighted by molar-refractivity contribution is 5.75. The predicted molar refractivity (Wildman–Crippen MR) is 75.1 cm³/mol. The van der Waals surface area contributed by atoms with Gasteiger partial charge < -0.3 is 15.3 Å². The molecule has 0 spiro atoms. The van der Waals surface area contributed by atoms with Crippen LogP contribution in [0.4, 0.5) is 4.79 Å². The van der Waals surface area contributed by atoms with Crippen LogP contribution in [0.5, 0.6) is 0 Å². The van der Waals surface area contributed by atoms with Gasteiger partial charge in [-0.2, -0.15) is 0 Å². The Morgan fingerprint density at radius 2 is 2.10 bits per heavy atom. The Morgan fingerprint density at radius 1 is 1.40 bits per heavy atom. The number of rotatable bonds is 7. The molecule has 2 aliphatic rings. The minimum absolute atomic E-state index is 0.130. The summed E-state index contributed by atoms with van der Waals surface area (Å²) in [5.41, 5.74) is -0.247. The number of amides is 2. The maximum absolute atomic E-state index is 12.1. The van der Waals surface area contributed by atoms with Crippen LogP contribution in [0.1, 0.15) is 38.5 Å². The quantitative estimate of drug-likeness (QED) is 0.696. The van der Waals surface area contributed by atoms with E-state index in [9.17, 15) is 9.59 Å². The molecular weight excluding hydrogens is 256 g/mol. The van der Waals surface area contributed by atoms with Gasteiger partial charge in [0, 0.05) is 13.1 Å². The highest BCUT2D eigenvalue weighted by atomic mass is 16.4. The molecule has 20 heavy (non-hydrogen) atoms. The van der Waals surface area contributed by atoms with Gasteiger partial charge in [-0.15, -0.1) is 6.42 Å². The Kier molecular flexibility index (Phi) is 4.53. The zero-order chi connectivity index (χ0) is 14.6. The molecule has 0 aromatic heterocycles. The lowest BCUT2D eigenvalue weighted by Crippen LogP contribution is -2.48. The van der Waals surface area contributed by atoms with E-state index in [2.05, 4.69) is 11.2 Å². The zero-order valence-corrected chi connectivity index (χ0v) is 11.7. The Balaban J connectivity index is 1.82. The lowest BCUT2D eigenvalue weighted by Gasteiger charge is -2.41. The fourth-order valence-electron chi connectivity index (χ4n) is 2.73. The molecule has 2 rings (SSSR count). The molecule has 0 aromatic carbocycles. The van der Waals surface area contributed by atoms with E-state index >= 15 is 0 Å². The molecule has 0 aromatic rings. The smallest absolute Gasteiger partial charge is 0.318 e. The third-order valence-electron chi connectivity index (χ3n) is 4.30.